The van der Waals surface area contributed by atoms with E-state index in [0.29, 0.717) is 15.9 Å². The Labute approximate surface area is 151 Å². The minimum absolute atomic E-state index is 0.251. The van der Waals surface area contributed by atoms with Crippen LogP contribution in [0.15, 0.2) is 36.4 Å². The van der Waals surface area contributed by atoms with Gasteiger partial charge in [-0.1, -0.05) is 46.6 Å². The molecule has 4 nitrogen and oxygen atoms in total. The molecular formula is C16H14FIN2O2S. The van der Waals surface area contributed by atoms with Crippen molar-refractivity contribution in [3.05, 3.63) is 57.5 Å². The third-order valence-electron chi connectivity index (χ3n) is 2.98. The third-order valence-corrected chi connectivity index (χ3v) is 4.82. The minimum Gasteiger partial charge on any atom is -0.350 e. The van der Waals surface area contributed by atoms with Crippen molar-refractivity contribution in [3.8, 4) is 11.8 Å². The smallest absolute Gasteiger partial charge is 0.339 e. The van der Waals surface area contributed by atoms with Gasteiger partial charge in [0.2, 0.25) is 0 Å². The van der Waals surface area contributed by atoms with Gasteiger partial charge in [0.05, 0.1) is 4.88 Å². The lowest BCUT2D eigenvalue weighted by atomic mass is 10.1. The second-order valence-corrected chi connectivity index (χ2v) is 6.74. The number of nitrogens with zero attached hydrogens (tertiary/aromatic N) is 1. The first kappa shape index (κ1) is 17.7. The first-order chi connectivity index (χ1) is 11.0. The molecule has 23 heavy (non-hydrogen) atoms. The highest BCUT2D eigenvalue weighted by Crippen LogP contribution is 2.19. The molecule has 2 amide bonds. The predicted molar refractivity (Wildman–Crippen MR) is 96.3 cm³/mol. The normalized spacial score (nSPS) is 11.4. The van der Waals surface area contributed by atoms with Crippen LogP contribution in [0.25, 0.3) is 0 Å². The zero-order valence-corrected chi connectivity index (χ0v) is 15.0. The number of carbonyl (C=O) groups is 1. The number of hydrogen-bond donors (Lipinski definition) is 2. The van der Waals surface area contributed by atoms with Gasteiger partial charge < -0.3 is 5.73 Å². The summed E-state index contributed by atoms with van der Waals surface area (Å²) in [6.45, 7) is 0. The van der Waals surface area contributed by atoms with Gasteiger partial charge in [0.25, 0.3) is 0 Å². The Morgan fingerprint density at radius 3 is 2.65 bits per heavy atom. The molecule has 0 aliphatic carbocycles. The van der Waals surface area contributed by atoms with Crippen LogP contribution in [0.2, 0.25) is 0 Å². The van der Waals surface area contributed by atoms with Gasteiger partial charge >= 0.3 is 6.03 Å². The average molecular weight is 444 g/mol. The second kappa shape index (κ2) is 8.29. The zero-order valence-electron chi connectivity index (χ0n) is 12.0. The van der Waals surface area contributed by atoms with Crippen LogP contribution in [-0.4, -0.2) is 26.8 Å². The van der Waals surface area contributed by atoms with Crippen molar-refractivity contribution in [2.45, 2.75) is 12.5 Å². The predicted octanol–water partition coefficient (Wildman–Crippen LogP) is 3.40. The number of hydroxylamine groups is 2. The van der Waals surface area contributed by atoms with Crippen molar-refractivity contribution in [1.82, 2.24) is 5.06 Å². The van der Waals surface area contributed by atoms with Crippen LogP contribution in [0, 0.1) is 17.7 Å². The summed E-state index contributed by atoms with van der Waals surface area (Å²) in [5, 5.41) is 9.95. The number of alkyl halides is 1. The van der Waals surface area contributed by atoms with Crippen molar-refractivity contribution in [3.63, 3.8) is 0 Å². The van der Waals surface area contributed by atoms with Gasteiger partial charge in [-0.3, -0.25) is 5.21 Å². The molecule has 0 fully saturated rings. The number of nitrogens with two attached hydrogens (primary N) is 1. The Kier molecular flexibility index (Phi) is 6.38. The highest BCUT2D eigenvalue weighted by Gasteiger charge is 2.16. The molecule has 0 spiro atoms. The van der Waals surface area contributed by atoms with E-state index in [2.05, 4.69) is 11.8 Å². The van der Waals surface area contributed by atoms with Gasteiger partial charge in [-0.05, 0) is 29.8 Å². The third kappa shape index (κ3) is 5.20. The molecule has 7 heteroatoms. The lowest BCUT2D eigenvalue weighted by Crippen LogP contribution is -2.41. The van der Waals surface area contributed by atoms with Crippen LogP contribution in [0.3, 0.4) is 0 Å². The van der Waals surface area contributed by atoms with E-state index in [4.69, 9.17) is 5.73 Å². The number of amides is 2. The number of primary amides is 1. The standard InChI is InChI=1S/C16H14FIN2O2S/c17-12-3-1-11(2-4-12)9-15-8-7-14(23-15)6-5-13(10-18)20(22)16(19)21/h1-4,7-8,13,22H,9-10H2,(H2,19,21). The van der Waals surface area contributed by atoms with Crippen LogP contribution in [-0.2, 0) is 6.42 Å². The first-order valence-corrected chi connectivity index (χ1v) is 9.02. The summed E-state index contributed by atoms with van der Waals surface area (Å²) >= 11 is 3.54. The van der Waals surface area contributed by atoms with E-state index >= 15 is 0 Å². The molecule has 1 aromatic heterocycles. The Balaban J connectivity index is 2.06. The largest absolute Gasteiger partial charge is 0.350 e. The number of rotatable bonds is 4. The van der Waals surface area contributed by atoms with Gasteiger partial charge in [0.1, 0.15) is 11.9 Å². The minimum atomic E-state index is -0.927. The van der Waals surface area contributed by atoms with Crippen LogP contribution < -0.4 is 5.73 Å². The average Bonchev–Trinajstić information content (AvgIpc) is 2.97. The lowest BCUT2D eigenvalue weighted by molar-refractivity contribution is -0.0517. The van der Waals surface area contributed by atoms with Crippen LogP contribution in [0.1, 0.15) is 15.3 Å². The van der Waals surface area contributed by atoms with Gasteiger partial charge in [-0.2, -0.15) is 5.06 Å². The summed E-state index contributed by atoms with van der Waals surface area (Å²) < 4.78 is 13.3. The number of thiophene rings is 1. The van der Waals surface area contributed by atoms with Crippen LogP contribution in [0.4, 0.5) is 9.18 Å². The van der Waals surface area contributed by atoms with E-state index in [1.807, 2.05) is 34.7 Å². The molecule has 0 aliphatic rings. The SMILES string of the molecule is NC(=O)N(O)C(C#Cc1ccc(Cc2ccc(F)cc2)s1)CI. The van der Waals surface area contributed by atoms with Gasteiger partial charge in [-0.15, -0.1) is 11.3 Å². The van der Waals surface area contributed by atoms with Crippen molar-refractivity contribution < 1.29 is 14.4 Å². The number of urea groups is 1. The molecule has 1 atom stereocenters. The van der Waals surface area contributed by atoms with Gasteiger partial charge in [0, 0.05) is 15.7 Å². The fourth-order valence-electron chi connectivity index (χ4n) is 1.82. The number of carbonyl (C=O) groups excluding carboxylic acids is 1. The molecule has 3 N–H and O–H groups in total. The van der Waals surface area contributed by atoms with Gasteiger partial charge in [0.15, 0.2) is 0 Å². The monoisotopic (exact) mass is 444 g/mol. The maximum absolute atomic E-state index is 12.9. The van der Waals surface area contributed by atoms with E-state index in [1.165, 1.54) is 23.5 Å². The maximum atomic E-state index is 12.9. The fraction of sp³-hybridized carbons (Fsp3) is 0.188. The van der Waals surface area contributed by atoms with E-state index in [-0.39, 0.29) is 5.82 Å². The number of halogens is 2. The fourth-order valence-corrected chi connectivity index (χ4v) is 3.31. The van der Waals surface area contributed by atoms with Crippen molar-refractivity contribution >= 4 is 40.0 Å². The quantitative estimate of drug-likeness (QED) is 0.250. The summed E-state index contributed by atoms with van der Waals surface area (Å²) in [5.41, 5.74) is 6.05. The van der Waals surface area contributed by atoms with Crippen molar-refractivity contribution in [1.29, 1.82) is 0 Å². The summed E-state index contributed by atoms with van der Waals surface area (Å²) in [4.78, 5) is 12.9. The lowest BCUT2D eigenvalue weighted by Gasteiger charge is -2.16. The van der Waals surface area contributed by atoms with E-state index < -0.39 is 12.1 Å². The molecule has 1 unspecified atom stereocenters. The Morgan fingerprint density at radius 1 is 1.35 bits per heavy atom. The Bertz CT molecular complexity index is 737. The molecule has 2 rings (SSSR count). The number of benzene rings is 1. The second-order valence-electron chi connectivity index (χ2n) is 4.69. The molecule has 0 saturated heterocycles. The first-order valence-electron chi connectivity index (χ1n) is 6.68. The molecule has 1 aromatic carbocycles. The molecule has 0 bridgehead atoms. The zero-order chi connectivity index (χ0) is 16.8. The summed E-state index contributed by atoms with van der Waals surface area (Å²) in [7, 11) is 0. The van der Waals surface area contributed by atoms with Crippen molar-refractivity contribution in [2.75, 3.05) is 4.43 Å². The molecule has 1 heterocycles. The summed E-state index contributed by atoms with van der Waals surface area (Å²) in [5.74, 6) is 5.52. The van der Waals surface area contributed by atoms with Crippen molar-refractivity contribution in [2.24, 2.45) is 5.73 Å². The highest BCUT2D eigenvalue weighted by molar-refractivity contribution is 14.1. The number of hydrogen-bond acceptors (Lipinski definition) is 3. The maximum Gasteiger partial charge on any atom is 0.339 e. The molecular weight excluding hydrogens is 430 g/mol. The highest BCUT2D eigenvalue weighted by atomic mass is 127. The van der Waals surface area contributed by atoms with Crippen LogP contribution in [0.5, 0.6) is 0 Å². The summed E-state index contributed by atoms with van der Waals surface area (Å²) in [6.07, 6.45) is 0.704. The topological polar surface area (TPSA) is 66.6 Å². The van der Waals surface area contributed by atoms with E-state index in [1.54, 1.807) is 12.1 Å². The molecule has 0 aliphatic heterocycles. The molecule has 0 radical (unpaired) electrons. The van der Waals surface area contributed by atoms with Gasteiger partial charge in [-0.25, -0.2) is 9.18 Å². The van der Waals surface area contributed by atoms with E-state index in [0.717, 1.165) is 15.3 Å². The molecule has 120 valence electrons. The van der Waals surface area contributed by atoms with Crippen LogP contribution >= 0.6 is 33.9 Å². The Morgan fingerprint density at radius 2 is 2.04 bits per heavy atom. The molecule has 0 saturated carbocycles. The summed E-state index contributed by atoms with van der Waals surface area (Å²) in [6, 6.07) is 8.66. The molecule has 2 aromatic rings. The van der Waals surface area contributed by atoms with E-state index in [9.17, 15) is 14.4 Å². The Hall–Kier alpha value is -1.63.